The van der Waals surface area contributed by atoms with Crippen molar-refractivity contribution in [3.63, 3.8) is 0 Å². The van der Waals surface area contributed by atoms with Gasteiger partial charge in [-0.15, -0.1) is 0 Å². The maximum atomic E-state index is 12.3. The van der Waals surface area contributed by atoms with Crippen LogP contribution in [0.25, 0.3) is 11.0 Å². The zero-order chi connectivity index (χ0) is 18.7. The third kappa shape index (κ3) is 3.77. The second kappa shape index (κ2) is 7.03. The lowest BCUT2D eigenvalue weighted by atomic mass is 10.1. The Morgan fingerprint density at radius 2 is 1.96 bits per heavy atom. The lowest BCUT2D eigenvalue weighted by Crippen LogP contribution is -2.29. The highest BCUT2D eigenvalue weighted by molar-refractivity contribution is 5.95. The number of furan rings is 1. The summed E-state index contributed by atoms with van der Waals surface area (Å²) in [5.74, 6) is 0.0247. The van der Waals surface area contributed by atoms with E-state index in [2.05, 4.69) is 36.4 Å². The maximum absolute atomic E-state index is 12.3. The number of carbonyl (C=O) groups is 2. The van der Waals surface area contributed by atoms with Gasteiger partial charge in [0, 0.05) is 18.5 Å². The fraction of sp³-hybridized carbons (Fsp3) is 0.316. The molecule has 0 atom stereocenters. The fourth-order valence-corrected chi connectivity index (χ4v) is 2.76. The molecule has 0 saturated carbocycles. The molecule has 3 aromatic rings. The Morgan fingerprint density at radius 3 is 2.65 bits per heavy atom. The Morgan fingerprint density at radius 1 is 1.19 bits per heavy atom. The molecule has 0 aliphatic carbocycles. The lowest BCUT2D eigenvalue weighted by Gasteiger charge is -2.24. The van der Waals surface area contributed by atoms with Gasteiger partial charge in [-0.2, -0.15) is 0 Å². The predicted octanol–water partition coefficient (Wildman–Crippen LogP) is 3.14. The standard InChI is InChI=1S/C19H22N4O3/c1-19(2,3)23-15-7-5-4-6-14(15)21-18(23)22-16(24)8-10-20-17(25)13-9-11-26-12-13/h4-7,9,11-12H,8,10H2,1-3H3,(H,20,25)(H,21,22,24). The van der Waals surface area contributed by atoms with E-state index in [1.54, 1.807) is 6.07 Å². The highest BCUT2D eigenvalue weighted by Crippen LogP contribution is 2.27. The van der Waals surface area contributed by atoms with Crippen molar-refractivity contribution in [1.82, 2.24) is 14.9 Å². The summed E-state index contributed by atoms with van der Waals surface area (Å²) in [5, 5.41) is 5.54. The Bertz CT molecular complexity index is 920. The molecular weight excluding hydrogens is 332 g/mol. The molecule has 2 heterocycles. The predicted molar refractivity (Wildman–Crippen MR) is 99.0 cm³/mol. The molecule has 0 unspecified atom stereocenters. The minimum absolute atomic E-state index is 0.150. The van der Waals surface area contributed by atoms with E-state index < -0.39 is 0 Å². The largest absolute Gasteiger partial charge is 0.472 e. The molecule has 26 heavy (non-hydrogen) atoms. The van der Waals surface area contributed by atoms with E-state index in [-0.39, 0.29) is 30.3 Å². The van der Waals surface area contributed by atoms with Gasteiger partial charge in [0.15, 0.2) is 0 Å². The van der Waals surface area contributed by atoms with E-state index in [0.29, 0.717) is 11.5 Å². The summed E-state index contributed by atoms with van der Waals surface area (Å²) in [5.41, 5.74) is 1.98. The summed E-state index contributed by atoms with van der Waals surface area (Å²) in [6.45, 7) is 6.40. The van der Waals surface area contributed by atoms with Crippen molar-refractivity contribution in [3.05, 3.63) is 48.4 Å². The van der Waals surface area contributed by atoms with Gasteiger partial charge in [0.2, 0.25) is 11.9 Å². The number of rotatable bonds is 5. The van der Waals surface area contributed by atoms with E-state index >= 15 is 0 Å². The SMILES string of the molecule is CC(C)(C)n1c(NC(=O)CCNC(=O)c2ccoc2)nc2ccccc21. The van der Waals surface area contributed by atoms with Crippen molar-refractivity contribution in [3.8, 4) is 0 Å². The van der Waals surface area contributed by atoms with Crippen molar-refractivity contribution in [2.45, 2.75) is 32.7 Å². The summed E-state index contributed by atoms with van der Waals surface area (Å²) in [6, 6.07) is 9.33. The lowest BCUT2D eigenvalue weighted by molar-refractivity contribution is -0.116. The second-order valence-corrected chi connectivity index (χ2v) is 7.00. The average Bonchev–Trinajstić information content (AvgIpc) is 3.21. The molecule has 0 aliphatic rings. The Hall–Kier alpha value is -3.09. The molecule has 0 bridgehead atoms. The summed E-state index contributed by atoms with van der Waals surface area (Å²) >= 11 is 0. The molecular formula is C19H22N4O3. The first kappa shape index (κ1) is 17.7. The first-order valence-electron chi connectivity index (χ1n) is 8.44. The number of nitrogens with one attached hydrogen (secondary N) is 2. The average molecular weight is 354 g/mol. The van der Waals surface area contributed by atoms with Gasteiger partial charge < -0.3 is 14.3 Å². The van der Waals surface area contributed by atoms with Crippen LogP contribution in [-0.2, 0) is 10.3 Å². The van der Waals surface area contributed by atoms with Crippen LogP contribution < -0.4 is 10.6 Å². The molecule has 0 fully saturated rings. The van der Waals surface area contributed by atoms with Gasteiger partial charge in [-0.3, -0.25) is 14.9 Å². The summed E-state index contributed by atoms with van der Waals surface area (Å²) in [4.78, 5) is 28.7. The van der Waals surface area contributed by atoms with Crippen molar-refractivity contribution >= 4 is 28.8 Å². The number of fused-ring (bicyclic) bond motifs is 1. The van der Waals surface area contributed by atoms with Crippen LogP contribution in [0, 0.1) is 0 Å². The molecule has 7 heteroatoms. The highest BCUT2D eigenvalue weighted by atomic mass is 16.3. The number of nitrogens with zero attached hydrogens (tertiary/aromatic N) is 2. The van der Waals surface area contributed by atoms with Crippen LogP contribution >= 0.6 is 0 Å². The van der Waals surface area contributed by atoms with Crippen molar-refractivity contribution < 1.29 is 14.0 Å². The van der Waals surface area contributed by atoms with E-state index in [1.807, 2.05) is 28.8 Å². The zero-order valence-corrected chi connectivity index (χ0v) is 15.1. The molecule has 136 valence electrons. The summed E-state index contributed by atoms with van der Waals surface area (Å²) in [6.07, 6.45) is 2.94. The summed E-state index contributed by atoms with van der Waals surface area (Å²) < 4.78 is 6.87. The van der Waals surface area contributed by atoms with Gasteiger partial charge in [0.05, 0.1) is 22.9 Å². The van der Waals surface area contributed by atoms with Crippen LogP contribution in [0.1, 0.15) is 37.6 Å². The van der Waals surface area contributed by atoms with Crippen molar-refractivity contribution in [2.24, 2.45) is 0 Å². The Kier molecular flexibility index (Phi) is 4.79. The third-order valence-electron chi connectivity index (χ3n) is 3.90. The van der Waals surface area contributed by atoms with Crippen LogP contribution in [0.3, 0.4) is 0 Å². The van der Waals surface area contributed by atoms with Crippen LogP contribution in [0.5, 0.6) is 0 Å². The molecule has 0 aliphatic heterocycles. The zero-order valence-electron chi connectivity index (χ0n) is 15.1. The maximum Gasteiger partial charge on any atom is 0.254 e. The molecule has 2 amide bonds. The van der Waals surface area contributed by atoms with Crippen molar-refractivity contribution in [1.29, 1.82) is 0 Å². The molecule has 3 rings (SSSR count). The first-order valence-corrected chi connectivity index (χ1v) is 8.44. The minimum Gasteiger partial charge on any atom is -0.472 e. The van der Waals surface area contributed by atoms with E-state index in [4.69, 9.17) is 4.42 Å². The number of imidazole rings is 1. The molecule has 0 saturated heterocycles. The van der Waals surface area contributed by atoms with Gasteiger partial charge >= 0.3 is 0 Å². The van der Waals surface area contributed by atoms with Gasteiger partial charge in [-0.1, -0.05) is 12.1 Å². The molecule has 2 aromatic heterocycles. The number of amides is 2. The summed E-state index contributed by atoms with van der Waals surface area (Å²) in [7, 11) is 0. The molecule has 0 spiro atoms. The normalized spacial score (nSPS) is 11.5. The van der Waals surface area contributed by atoms with Gasteiger partial charge in [-0.05, 0) is 39.0 Å². The van der Waals surface area contributed by atoms with Gasteiger partial charge in [-0.25, -0.2) is 4.98 Å². The van der Waals surface area contributed by atoms with E-state index in [9.17, 15) is 9.59 Å². The number of hydrogen-bond donors (Lipinski definition) is 2. The number of aromatic nitrogens is 2. The van der Waals surface area contributed by atoms with Crippen LogP contribution in [0.4, 0.5) is 5.95 Å². The Labute approximate surface area is 151 Å². The van der Waals surface area contributed by atoms with Crippen LogP contribution in [0.15, 0.2) is 47.3 Å². The second-order valence-electron chi connectivity index (χ2n) is 7.00. The first-order chi connectivity index (χ1) is 12.4. The van der Waals surface area contributed by atoms with Crippen LogP contribution in [0.2, 0.25) is 0 Å². The monoisotopic (exact) mass is 354 g/mol. The number of carbonyl (C=O) groups excluding carboxylic acids is 2. The molecule has 7 nitrogen and oxygen atoms in total. The number of para-hydroxylation sites is 2. The highest BCUT2D eigenvalue weighted by Gasteiger charge is 2.22. The van der Waals surface area contributed by atoms with E-state index in [1.165, 1.54) is 12.5 Å². The number of anilines is 1. The van der Waals surface area contributed by atoms with E-state index in [0.717, 1.165) is 11.0 Å². The smallest absolute Gasteiger partial charge is 0.254 e. The van der Waals surface area contributed by atoms with Gasteiger partial charge in [0.1, 0.15) is 6.26 Å². The topological polar surface area (TPSA) is 89.2 Å². The Balaban J connectivity index is 1.67. The quantitative estimate of drug-likeness (QED) is 0.737. The molecule has 2 N–H and O–H groups in total. The fourth-order valence-electron chi connectivity index (χ4n) is 2.76. The molecule has 1 aromatic carbocycles. The minimum atomic E-state index is -0.270. The number of hydrogen-bond acceptors (Lipinski definition) is 4. The number of benzene rings is 1. The third-order valence-corrected chi connectivity index (χ3v) is 3.90. The van der Waals surface area contributed by atoms with Gasteiger partial charge in [0.25, 0.3) is 5.91 Å². The molecule has 0 radical (unpaired) electrons. The van der Waals surface area contributed by atoms with Crippen molar-refractivity contribution in [2.75, 3.05) is 11.9 Å². The van der Waals surface area contributed by atoms with Crippen LogP contribution in [-0.4, -0.2) is 27.9 Å².